The van der Waals surface area contributed by atoms with Crippen molar-refractivity contribution in [3.63, 3.8) is 0 Å². The number of H-pyrrole nitrogens is 1. The topological polar surface area (TPSA) is 119 Å². The van der Waals surface area contributed by atoms with Gasteiger partial charge in [-0.15, -0.1) is 0 Å². The van der Waals surface area contributed by atoms with E-state index in [2.05, 4.69) is 30.2 Å². The van der Waals surface area contributed by atoms with E-state index in [1.54, 1.807) is 12.1 Å². The van der Waals surface area contributed by atoms with Gasteiger partial charge in [-0.1, -0.05) is 30.3 Å². The minimum Gasteiger partial charge on any atom is -0.755 e. The second-order valence-corrected chi connectivity index (χ2v) is 8.03. The number of anilines is 3. The molecule has 2 heterocycles. The molecular formula is C20H17N6O2PrS2-. The van der Waals surface area contributed by atoms with E-state index in [0.717, 1.165) is 21.8 Å². The molecule has 2 aromatic carbocycles. The van der Waals surface area contributed by atoms with Crippen LogP contribution in [-0.4, -0.2) is 28.9 Å². The molecule has 0 aliphatic carbocycles. The third-order valence-electron chi connectivity index (χ3n) is 4.00. The molecule has 0 saturated heterocycles. The molecule has 0 aliphatic rings. The van der Waals surface area contributed by atoms with E-state index in [1.165, 1.54) is 11.8 Å². The van der Waals surface area contributed by atoms with Gasteiger partial charge in [-0.3, -0.25) is 9.31 Å². The van der Waals surface area contributed by atoms with Gasteiger partial charge in [0, 0.05) is 86.5 Å². The molecule has 0 fully saturated rings. The average Bonchev–Trinajstić information content (AvgIpc) is 3.14. The summed E-state index contributed by atoms with van der Waals surface area (Å²) in [5.74, 6) is 1.29. The number of benzene rings is 2. The maximum absolute atomic E-state index is 10.8. The Morgan fingerprint density at radius 2 is 1.74 bits per heavy atom. The van der Waals surface area contributed by atoms with Crippen molar-refractivity contribution < 1.29 is 50.1 Å². The number of nitrogens with one attached hydrogen (secondary N) is 3. The van der Waals surface area contributed by atoms with E-state index in [1.807, 2.05) is 61.5 Å². The van der Waals surface area contributed by atoms with Crippen molar-refractivity contribution in [1.82, 2.24) is 20.2 Å². The fraction of sp³-hybridized carbons (Fsp3) is 0.0500. The second kappa shape index (κ2) is 11.1. The molecule has 1 radical (unpaired) electrons. The first-order valence-corrected chi connectivity index (χ1v) is 10.8. The molecule has 1 atom stereocenters. The molecule has 8 nitrogen and oxygen atoms in total. The molecule has 31 heavy (non-hydrogen) atoms. The molecule has 1 unspecified atom stereocenters. The summed E-state index contributed by atoms with van der Waals surface area (Å²) in [5.41, 5.74) is 3.18. The fourth-order valence-electron chi connectivity index (χ4n) is 2.70. The van der Waals surface area contributed by atoms with E-state index >= 15 is 0 Å². The third-order valence-corrected chi connectivity index (χ3v) is 5.28. The molecule has 0 spiro atoms. The summed E-state index contributed by atoms with van der Waals surface area (Å²) in [6, 6.07) is 20.6. The number of aromatic nitrogens is 4. The van der Waals surface area contributed by atoms with Crippen molar-refractivity contribution in [3.05, 3.63) is 72.4 Å². The Balaban J connectivity index is 0.00000272. The van der Waals surface area contributed by atoms with Crippen molar-refractivity contribution in [1.29, 1.82) is 0 Å². The smallest absolute Gasteiger partial charge is 0.194 e. The molecule has 0 aliphatic heterocycles. The van der Waals surface area contributed by atoms with Gasteiger partial charge in [0.05, 0.1) is 5.69 Å². The zero-order valence-electron chi connectivity index (χ0n) is 16.4. The van der Waals surface area contributed by atoms with Gasteiger partial charge in [0.25, 0.3) is 0 Å². The monoisotopic (exact) mass is 578 g/mol. The van der Waals surface area contributed by atoms with Gasteiger partial charge in [-0.05, 0) is 43.0 Å². The zero-order valence-corrected chi connectivity index (χ0v) is 21.7. The first-order valence-electron chi connectivity index (χ1n) is 8.92. The van der Waals surface area contributed by atoms with Crippen LogP contribution < -0.4 is 10.0 Å². The number of rotatable bonds is 7. The molecule has 0 amide bonds. The average molecular weight is 578 g/mol. The van der Waals surface area contributed by atoms with Gasteiger partial charge < -0.3 is 14.6 Å². The maximum Gasteiger partial charge on any atom is 0.194 e. The van der Waals surface area contributed by atoms with E-state index in [0.29, 0.717) is 22.5 Å². The maximum atomic E-state index is 10.8. The summed E-state index contributed by atoms with van der Waals surface area (Å²) in [6.45, 7) is 1.93. The Kier molecular flexibility index (Phi) is 8.56. The normalized spacial score (nSPS) is 11.4. The predicted molar refractivity (Wildman–Crippen MR) is 117 cm³/mol. The van der Waals surface area contributed by atoms with Crippen LogP contribution in [0.4, 0.5) is 17.3 Å². The molecule has 4 rings (SSSR count). The zero-order chi connectivity index (χ0) is 20.9. The van der Waals surface area contributed by atoms with E-state index < -0.39 is 11.3 Å². The van der Waals surface area contributed by atoms with E-state index in [-0.39, 0.29) is 41.3 Å². The summed E-state index contributed by atoms with van der Waals surface area (Å²) in [5, 5.41) is 10.9. The largest absolute Gasteiger partial charge is 0.755 e. The van der Waals surface area contributed by atoms with Gasteiger partial charge >= 0.3 is 0 Å². The Labute approximate surface area is 219 Å². The SMILES string of the molecule is Cc1cc(Nc2cc(-c3ccccc3)nc(Sc3ccc(NS(=O)[O-])cc3)n2)n[nH]1.[Pr]. The Hall–Kier alpha value is -1.85. The van der Waals surface area contributed by atoms with Crippen molar-refractivity contribution in [2.45, 2.75) is 17.0 Å². The Morgan fingerprint density at radius 3 is 2.39 bits per heavy atom. The van der Waals surface area contributed by atoms with Crippen molar-refractivity contribution in [2.75, 3.05) is 10.0 Å². The number of hydrogen-bond donors (Lipinski definition) is 3. The fourth-order valence-corrected chi connectivity index (χ4v) is 3.80. The third kappa shape index (κ3) is 6.82. The molecule has 0 bridgehead atoms. The van der Waals surface area contributed by atoms with E-state index in [9.17, 15) is 8.76 Å². The van der Waals surface area contributed by atoms with Crippen LogP contribution in [0.2, 0.25) is 0 Å². The van der Waals surface area contributed by atoms with Crippen LogP contribution in [0.5, 0.6) is 0 Å². The van der Waals surface area contributed by atoms with Crippen LogP contribution >= 0.6 is 11.8 Å². The predicted octanol–water partition coefficient (Wildman–Crippen LogP) is 4.28. The van der Waals surface area contributed by atoms with Crippen LogP contribution in [0, 0.1) is 48.2 Å². The minimum atomic E-state index is -2.35. The van der Waals surface area contributed by atoms with Gasteiger partial charge in [0.2, 0.25) is 0 Å². The standard InChI is InChI=1S/C20H18N6O2S2.Pr/c1-13-11-19(25-24-13)22-18-12-17(14-5-3-2-4-6-14)21-20(23-18)29-16-9-7-15(8-10-16)26-30(27)28;/h2-12,26H,1H3,(H,27,28)(H2,21,22,23,24,25);/p-1. The number of hydrogen-bond acceptors (Lipinski definition) is 7. The summed E-state index contributed by atoms with van der Waals surface area (Å²) in [4.78, 5) is 10.2. The molecule has 0 saturated carbocycles. The van der Waals surface area contributed by atoms with Gasteiger partial charge in [0.15, 0.2) is 11.0 Å². The van der Waals surface area contributed by atoms with Gasteiger partial charge in [0.1, 0.15) is 5.82 Å². The van der Waals surface area contributed by atoms with Crippen LogP contribution in [0.15, 0.2) is 76.8 Å². The van der Waals surface area contributed by atoms with Crippen molar-refractivity contribution in [2.24, 2.45) is 0 Å². The number of aromatic amines is 1. The van der Waals surface area contributed by atoms with Crippen molar-refractivity contribution >= 4 is 40.4 Å². The minimum absolute atomic E-state index is 0. The summed E-state index contributed by atoms with van der Waals surface area (Å²) < 4.78 is 23.8. The van der Waals surface area contributed by atoms with Crippen LogP contribution in [0.25, 0.3) is 11.3 Å². The second-order valence-electron chi connectivity index (χ2n) is 6.31. The number of nitrogens with zero attached hydrogens (tertiary/aromatic N) is 3. The van der Waals surface area contributed by atoms with Crippen molar-refractivity contribution in [3.8, 4) is 11.3 Å². The molecular weight excluding hydrogens is 561 g/mol. The summed E-state index contributed by atoms with van der Waals surface area (Å²) in [6.07, 6.45) is 0. The summed E-state index contributed by atoms with van der Waals surface area (Å²) in [7, 11) is 0. The van der Waals surface area contributed by atoms with Crippen LogP contribution in [0.3, 0.4) is 0 Å². The first-order chi connectivity index (χ1) is 14.5. The molecule has 155 valence electrons. The number of aryl methyl sites for hydroxylation is 1. The van der Waals surface area contributed by atoms with Crippen LogP contribution in [-0.2, 0) is 11.3 Å². The first kappa shape index (κ1) is 23.8. The van der Waals surface area contributed by atoms with Gasteiger partial charge in [-0.25, -0.2) is 9.97 Å². The van der Waals surface area contributed by atoms with E-state index in [4.69, 9.17) is 0 Å². The summed E-state index contributed by atoms with van der Waals surface area (Å²) >= 11 is -0.973. The Bertz CT molecular complexity index is 1170. The molecule has 11 heteroatoms. The van der Waals surface area contributed by atoms with Gasteiger partial charge in [-0.2, -0.15) is 5.10 Å². The molecule has 2 aromatic heterocycles. The quantitative estimate of drug-likeness (QED) is 0.221. The molecule has 4 aromatic rings. The Morgan fingerprint density at radius 1 is 1.00 bits per heavy atom. The molecule has 3 N–H and O–H groups in total. The van der Waals surface area contributed by atoms with Crippen LogP contribution in [0.1, 0.15) is 5.69 Å².